The monoisotopic (exact) mass is 313 g/mol. The number of carbonyl (C=O) groups is 1. The zero-order valence-electron chi connectivity index (χ0n) is 11.4. The first-order chi connectivity index (χ1) is 8.37. The molecule has 0 heterocycles. The van der Waals surface area contributed by atoms with E-state index in [4.69, 9.17) is 4.74 Å². The van der Waals surface area contributed by atoms with Crippen LogP contribution in [-0.4, -0.2) is 30.1 Å². The zero-order valence-corrected chi connectivity index (χ0v) is 13.0. The molecule has 18 heavy (non-hydrogen) atoms. The zero-order chi connectivity index (χ0) is 13.8. The average Bonchev–Trinajstić information content (AvgIpc) is 2.29. The molecule has 1 aromatic carbocycles. The second kappa shape index (κ2) is 6.34. The number of hydrogen-bond acceptors (Lipinski definition) is 3. The molecule has 0 unspecified atom stereocenters. The molecule has 0 N–H and O–H groups in total. The van der Waals surface area contributed by atoms with Gasteiger partial charge in [-0.25, -0.2) is 0 Å². The third-order valence-electron chi connectivity index (χ3n) is 3.04. The average molecular weight is 314 g/mol. The first-order valence-electron chi connectivity index (χ1n) is 6.00. The maximum atomic E-state index is 11.9. The van der Waals surface area contributed by atoms with Crippen molar-refractivity contribution in [3.05, 3.63) is 34.3 Å². The van der Waals surface area contributed by atoms with Gasteiger partial charge in [0.25, 0.3) is 0 Å². The number of halogens is 1. The van der Waals surface area contributed by atoms with Crippen LogP contribution in [0, 0.1) is 0 Å². The highest BCUT2D eigenvalue weighted by molar-refractivity contribution is 9.10. The maximum Gasteiger partial charge on any atom is 0.325 e. The van der Waals surface area contributed by atoms with Crippen molar-refractivity contribution in [2.45, 2.75) is 32.9 Å². The van der Waals surface area contributed by atoms with E-state index in [0.29, 0.717) is 13.2 Å². The van der Waals surface area contributed by atoms with Gasteiger partial charge in [0.15, 0.2) is 0 Å². The van der Waals surface area contributed by atoms with Gasteiger partial charge in [-0.15, -0.1) is 0 Å². The third kappa shape index (κ3) is 3.82. The largest absolute Gasteiger partial charge is 0.465 e. The van der Waals surface area contributed by atoms with Gasteiger partial charge in [0.05, 0.1) is 6.61 Å². The van der Waals surface area contributed by atoms with E-state index in [9.17, 15) is 4.79 Å². The van der Waals surface area contributed by atoms with E-state index >= 15 is 0 Å². The summed E-state index contributed by atoms with van der Waals surface area (Å²) in [6.45, 7) is 6.69. The van der Waals surface area contributed by atoms with Gasteiger partial charge >= 0.3 is 5.97 Å². The Kier molecular flexibility index (Phi) is 5.35. The van der Waals surface area contributed by atoms with Gasteiger partial charge in [0, 0.05) is 11.0 Å². The van der Waals surface area contributed by atoms with Crippen LogP contribution in [0.1, 0.15) is 26.3 Å². The first kappa shape index (κ1) is 15.2. The van der Waals surface area contributed by atoms with Crippen molar-refractivity contribution >= 4 is 21.9 Å². The van der Waals surface area contributed by atoms with Crippen molar-refractivity contribution in [1.29, 1.82) is 0 Å². The fourth-order valence-electron chi connectivity index (χ4n) is 1.57. The summed E-state index contributed by atoms with van der Waals surface area (Å²) in [6.07, 6.45) is 0. The molecule has 0 bridgehead atoms. The number of ether oxygens (including phenoxy) is 1. The smallest absolute Gasteiger partial charge is 0.325 e. The lowest BCUT2D eigenvalue weighted by molar-refractivity contribution is -0.155. The summed E-state index contributed by atoms with van der Waals surface area (Å²) in [7, 11) is 1.93. The standard InChI is InChI=1S/C14H20BrNO2/c1-5-18-13(17)14(2,3)16(4)10-11-7-6-8-12(15)9-11/h6-9H,5,10H2,1-4H3. The summed E-state index contributed by atoms with van der Waals surface area (Å²) >= 11 is 3.45. The van der Waals surface area contributed by atoms with Crippen molar-refractivity contribution in [1.82, 2.24) is 4.90 Å². The highest BCUT2D eigenvalue weighted by Crippen LogP contribution is 2.19. The number of carbonyl (C=O) groups excluding carboxylic acids is 1. The molecular formula is C14H20BrNO2. The van der Waals surface area contributed by atoms with Gasteiger partial charge in [0.1, 0.15) is 5.54 Å². The normalized spacial score (nSPS) is 11.7. The molecule has 100 valence electrons. The SMILES string of the molecule is CCOC(=O)C(C)(C)N(C)Cc1cccc(Br)c1. The summed E-state index contributed by atoms with van der Waals surface area (Å²) in [5, 5.41) is 0. The molecule has 0 spiro atoms. The topological polar surface area (TPSA) is 29.5 Å². The van der Waals surface area contributed by atoms with Crippen LogP contribution >= 0.6 is 15.9 Å². The van der Waals surface area contributed by atoms with E-state index in [1.54, 1.807) is 0 Å². The van der Waals surface area contributed by atoms with Crippen molar-refractivity contribution in [2.24, 2.45) is 0 Å². The molecule has 0 atom stereocenters. The number of likely N-dealkylation sites (N-methyl/N-ethyl adjacent to an activating group) is 1. The first-order valence-corrected chi connectivity index (χ1v) is 6.80. The van der Waals surface area contributed by atoms with E-state index in [2.05, 4.69) is 22.0 Å². The molecule has 4 heteroatoms. The number of nitrogens with zero attached hydrogens (tertiary/aromatic N) is 1. The molecule has 0 aliphatic carbocycles. The molecule has 1 aromatic rings. The minimum Gasteiger partial charge on any atom is -0.465 e. The Balaban J connectivity index is 2.75. The Bertz CT molecular complexity index is 418. The number of rotatable bonds is 5. The van der Waals surface area contributed by atoms with E-state index in [0.717, 1.165) is 10.0 Å². The van der Waals surface area contributed by atoms with Gasteiger partial charge < -0.3 is 4.74 Å². The van der Waals surface area contributed by atoms with Crippen molar-refractivity contribution in [3.8, 4) is 0 Å². The van der Waals surface area contributed by atoms with Gasteiger partial charge in [-0.2, -0.15) is 0 Å². The molecule has 0 aliphatic rings. The van der Waals surface area contributed by atoms with Crippen molar-refractivity contribution in [3.63, 3.8) is 0 Å². The van der Waals surface area contributed by atoms with E-state index < -0.39 is 5.54 Å². The third-order valence-corrected chi connectivity index (χ3v) is 3.53. The molecule has 1 rings (SSSR count). The van der Waals surface area contributed by atoms with Crippen LogP contribution in [0.3, 0.4) is 0 Å². The van der Waals surface area contributed by atoms with Gasteiger partial charge in [-0.05, 0) is 45.5 Å². The number of esters is 1. The Morgan fingerprint density at radius 1 is 1.44 bits per heavy atom. The summed E-state index contributed by atoms with van der Waals surface area (Å²) in [6, 6.07) is 8.07. The molecule has 0 saturated heterocycles. The predicted molar refractivity (Wildman–Crippen MR) is 76.3 cm³/mol. The molecule has 0 saturated carbocycles. The highest BCUT2D eigenvalue weighted by Gasteiger charge is 2.33. The van der Waals surface area contributed by atoms with Crippen LogP contribution in [0.2, 0.25) is 0 Å². The molecule has 0 aromatic heterocycles. The molecular weight excluding hydrogens is 294 g/mol. The van der Waals surface area contributed by atoms with Crippen LogP contribution < -0.4 is 0 Å². The van der Waals surface area contributed by atoms with Gasteiger partial charge in [0.2, 0.25) is 0 Å². The lowest BCUT2D eigenvalue weighted by atomic mass is 10.0. The van der Waals surface area contributed by atoms with Crippen LogP contribution in [0.15, 0.2) is 28.7 Å². The minimum absolute atomic E-state index is 0.192. The summed E-state index contributed by atoms with van der Waals surface area (Å²) in [4.78, 5) is 13.9. The minimum atomic E-state index is -0.627. The van der Waals surface area contributed by atoms with Crippen molar-refractivity contribution < 1.29 is 9.53 Å². The molecule has 0 fully saturated rings. The van der Waals surface area contributed by atoms with E-state index in [1.165, 1.54) is 0 Å². The molecule has 0 aliphatic heterocycles. The van der Waals surface area contributed by atoms with Crippen LogP contribution in [-0.2, 0) is 16.1 Å². The van der Waals surface area contributed by atoms with Gasteiger partial charge in [-0.1, -0.05) is 28.1 Å². The van der Waals surface area contributed by atoms with Crippen molar-refractivity contribution in [2.75, 3.05) is 13.7 Å². The summed E-state index contributed by atoms with van der Waals surface area (Å²) in [5.74, 6) is -0.192. The molecule has 0 amide bonds. The second-order valence-corrected chi connectivity index (χ2v) is 5.68. The van der Waals surface area contributed by atoms with E-state index in [-0.39, 0.29) is 5.97 Å². The predicted octanol–water partition coefficient (Wildman–Crippen LogP) is 3.22. The van der Waals surface area contributed by atoms with Gasteiger partial charge in [-0.3, -0.25) is 9.69 Å². The molecule has 3 nitrogen and oxygen atoms in total. The fourth-order valence-corrected chi connectivity index (χ4v) is 2.02. The number of hydrogen-bond donors (Lipinski definition) is 0. The Labute approximate surface area is 117 Å². The maximum absolute atomic E-state index is 11.9. The fraction of sp³-hybridized carbons (Fsp3) is 0.500. The van der Waals surface area contributed by atoms with E-state index in [1.807, 2.05) is 50.9 Å². The molecule has 0 radical (unpaired) electrons. The lowest BCUT2D eigenvalue weighted by Gasteiger charge is -2.33. The summed E-state index contributed by atoms with van der Waals surface area (Å²) < 4.78 is 6.14. The Morgan fingerprint density at radius 2 is 2.11 bits per heavy atom. The highest BCUT2D eigenvalue weighted by atomic mass is 79.9. The lowest BCUT2D eigenvalue weighted by Crippen LogP contribution is -2.48. The summed E-state index contributed by atoms with van der Waals surface area (Å²) in [5.41, 5.74) is 0.530. The Morgan fingerprint density at radius 3 is 2.67 bits per heavy atom. The quantitative estimate of drug-likeness (QED) is 0.782. The van der Waals surface area contributed by atoms with Crippen LogP contribution in [0.25, 0.3) is 0 Å². The Hall–Kier alpha value is -0.870. The number of benzene rings is 1. The van der Waals surface area contributed by atoms with Crippen LogP contribution in [0.4, 0.5) is 0 Å². The second-order valence-electron chi connectivity index (χ2n) is 4.77. The van der Waals surface area contributed by atoms with Crippen LogP contribution in [0.5, 0.6) is 0 Å².